The van der Waals surface area contributed by atoms with Gasteiger partial charge in [0.05, 0.1) is 27.3 Å². The van der Waals surface area contributed by atoms with E-state index in [1.54, 1.807) is 24.3 Å². The van der Waals surface area contributed by atoms with E-state index in [2.05, 4.69) is 24.8 Å². The Morgan fingerprint density at radius 2 is 1.87 bits per heavy atom. The molecule has 1 fully saturated rings. The number of hydrogen-bond donors (Lipinski definition) is 0. The minimum absolute atomic E-state index is 0.128. The number of benzene rings is 2. The molecule has 0 aliphatic carbocycles. The number of hydrogen-bond acceptors (Lipinski definition) is 5. The largest absolute Gasteiger partial charge is 0.370 e. The zero-order valence-corrected chi connectivity index (χ0v) is 16.9. The second-order valence-corrected chi connectivity index (χ2v) is 8.16. The third-order valence-corrected chi connectivity index (χ3v) is 5.68. The molecular formula is C23H22N4O3. The van der Waals surface area contributed by atoms with E-state index < -0.39 is 4.92 Å². The predicted octanol–water partition coefficient (Wildman–Crippen LogP) is 4.59. The number of nitro benzene ring substituents is 1. The van der Waals surface area contributed by atoms with E-state index in [0.717, 1.165) is 19.5 Å². The molecule has 7 heteroatoms. The molecule has 1 aliphatic heterocycles. The molecule has 2 heterocycles. The second-order valence-electron chi connectivity index (χ2n) is 8.16. The van der Waals surface area contributed by atoms with Crippen LogP contribution in [0.1, 0.15) is 36.2 Å². The summed E-state index contributed by atoms with van der Waals surface area (Å²) in [5.74, 6) is 0.547. The molecule has 2 atom stereocenters. The van der Waals surface area contributed by atoms with Crippen molar-refractivity contribution in [1.29, 1.82) is 5.26 Å². The minimum Gasteiger partial charge on any atom is -0.370 e. The highest BCUT2D eigenvalue weighted by molar-refractivity contribution is 6.07. The molecule has 1 aromatic heterocycles. The zero-order chi connectivity index (χ0) is 21.4. The quantitative estimate of drug-likeness (QED) is 0.472. The Bertz CT molecular complexity index is 1180. The molecular weight excluding hydrogens is 380 g/mol. The molecule has 152 valence electrons. The van der Waals surface area contributed by atoms with Gasteiger partial charge < -0.3 is 4.90 Å². The number of aromatic nitrogens is 1. The number of carbonyl (C=O) groups is 1. The normalized spacial score (nSPS) is 18.9. The maximum Gasteiger partial charge on any atom is 0.270 e. The summed E-state index contributed by atoms with van der Waals surface area (Å²) < 4.78 is 1.42. The minimum atomic E-state index is -0.490. The van der Waals surface area contributed by atoms with E-state index in [1.165, 1.54) is 22.9 Å². The number of rotatable bonds is 3. The van der Waals surface area contributed by atoms with Crippen molar-refractivity contribution < 1.29 is 9.72 Å². The number of carbonyl (C=O) groups excluding carboxylic acids is 1. The van der Waals surface area contributed by atoms with Crippen molar-refractivity contribution in [2.24, 2.45) is 11.8 Å². The molecule has 30 heavy (non-hydrogen) atoms. The Kier molecular flexibility index (Phi) is 5.00. The molecule has 0 amide bonds. The van der Waals surface area contributed by atoms with E-state index in [0.29, 0.717) is 34.0 Å². The van der Waals surface area contributed by atoms with Crippen molar-refractivity contribution in [3.63, 3.8) is 0 Å². The summed E-state index contributed by atoms with van der Waals surface area (Å²) in [6, 6.07) is 13.8. The van der Waals surface area contributed by atoms with Gasteiger partial charge in [-0.3, -0.25) is 19.5 Å². The Labute approximate surface area is 174 Å². The van der Waals surface area contributed by atoms with Crippen molar-refractivity contribution in [3.8, 4) is 6.07 Å². The monoisotopic (exact) mass is 402 g/mol. The van der Waals surface area contributed by atoms with Gasteiger partial charge in [-0.05, 0) is 30.4 Å². The number of fused-ring (bicyclic) bond motifs is 1. The van der Waals surface area contributed by atoms with Gasteiger partial charge in [-0.2, -0.15) is 5.26 Å². The van der Waals surface area contributed by atoms with Crippen molar-refractivity contribution in [3.05, 3.63) is 69.9 Å². The van der Waals surface area contributed by atoms with Gasteiger partial charge >= 0.3 is 0 Å². The first kappa shape index (κ1) is 19.6. The average Bonchev–Trinajstić information content (AvgIpc) is 3.11. The van der Waals surface area contributed by atoms with Gasteiger partial charge in [0, 0.05) is 36.8 Å². The molecule has 0 bridgehead atoms. The highest BCUT2D eigenvalue weighted by Gasteiger charge is 2.28. The molecule has 4 rings (SSSR count). The van der Waals surface area contributed by atoms with E-state index in [4.69, 9.17) is 0 Å². The molecule has 7 nitrogen and oxygen atoms in total. The molecule has 1 aliphatic rings. The van der Waals surface area contributed by atoms with Gasteiger partial charge in [0.2, 0.25) is 0 Å². The first-order valence-corrected chi connectivity index (χ1v) is 9.97. The number of piperidine rings is 1. The van der Waals surface area contributed by atoms with E-state index >= 15 is 0 Å². The molecule has 3 aromatic rings. The fraction of sp³-hybridized carbons (Fsp3) is 0.304. The van der Waals surface area contributed by atoms with Gasteiger partial charge in [-0.1, -0.05) is 32.0 Å². The fourth-order valence-electron chi connectivity index (χ4n) is 4.51. The molecule has 0 spiro atoms. The Hall–Kier alpha value is -3.66. The number of anilines is 1. The zero-order valence-electron chi connectivity index (χ0n) is 16.9. The topological polar surface area (TPSA) is 92.2 Å². The predicted molar refractivity (Wildman–Crippen MR) is 115 cm³/mol. The van der Waals surface area contributed by atoms with Crippen LogP contribution in [0.5, 0.6) is 0 Å². The number of nitrogens with zero attached hydrogens (tertiary/aromatic N) is 4. The fourth-order valence-corrected chi connectivity index (χ4v) is 4.51. The Morgan fingerprint density at radius 3 is 2.53 bits per heavy atom. The number of para-hydroxylation sites is 1. The first-order chi connectivity index (χ1) is 14.4. The van der Waals surface area contributed by atoms with Crippen molar-refractivity contribution in [2.45, 2.75) is 20.3 Å². The summed E-state index contributed by atoms with van der Waals surface area (Å²) in [5.41, 5.74) is 1.84. The van der Waals surface area contributed by atoms with Gasteiger partial charge in [-0.15, -0.1) is 0 Å². The Balaban J connectivity index is 1.87. The summed E-state index contributed by atoms with van der Waals surface area (Å²) in [6.07, 6.45) is 2.62. The summed E-state index contributed by atoms with van der Waals surface area (Å²) >= 11 is 0. The smallest absolute Gasteiger partial charge is 0.270 e. The van der Waals surface area contributed by atoms with Crippen LogP contribution in [0.25, 0.3) is 10.9 Å². The Morgan fingerprint density at radius 1 is 1.17 bits per heavy atom. The van der Waals surface area contributed by atoms with E-state index in [9.17, 15) is 20.2 Å². The van der Waals surface area contributed by atoms with Gasteiger partial charge in [0.1, 0.15) is 6.07 Å². The van der Waals surface area contributed by atoms with E-state index in [1.807, 2.05) is 6.07 Å². The lowest BCUT2D eigenvalue weighted by Gasteiger charge is -2.37. The number of nitro groups is 1. The molecule has 0 N–H and O–H groups in total. The van der Waals surface area contributed by atoms with Crippen molar-refractivity contribution >= 4 is 28.2 Å². The first-order valence-electron chi connectivity index (χ1n) is 9.97. The average molecular weight is 402 g/mol. The SMILES string of the molecule is C[C@@H]1C[C@@H](C)CN(c2ccc([N+](=O)[O-])cc2C(=O)n2cc(C#N)c3ccccc32)C1. The van der Waals surface area contributed by atoms with Crippen molar-refractivity contribution in [1.82, 2.24) is 4.57 Å². The van der Waals surface area contributed by atoms with Crippen LogP contribution >= 0.6 is 0 Å². The van der Waals surface area contributed by atoms with Crippen LogP contribution < -0.4 is 4.90 Å². The maximum absolute atomic E-state index is 13.6. The summed E-state index contributed by atoms with van der Waals surface area (Å²) in [7, 11) is 0. The summed E-state index contributed by atoms with van der Waals surface area (Å²) in [6.45, 7) is 5.93. The van der Waals surface area contributed by atoms with Gasteiger partial charge in [-0.25, -0.2) is 0 Å². The summed E-state index contributed by atoms with van der Waals surface area (Å²) in [4.78, 5) is 26.6. The van der Waals surface area contributed by atoms with Crippen molar-refractivity contribution in [2.75, 3.05) is 18.0 Å². The molecule has 0 radical (unpaired) electrons. The number of nitriles is 1. The highest BCUT2D eigenvalue weighted by atomic mass is 16.6. The molecule has 0 saturated carbocycles. The molecule has 0 unspecified atom stereocenters. The number of non-ortho nitro benzene ring substituents is 1. The standard InChI is InChI=1S/C23H22N4O3/c1-15-9-16(2)13-25(12-15)21-8-7-18(27(29)30)10-20(21)23(28)26-14-17(11-24)19-5-3-4-6-22(19)26/h3-8,10,14-16H,9,12-13H2,1-2H3/t15-,16-/m1/s1. The third kappa shape index (κ3) is 3.41. The van der Waals surface area contributed by atoms with Gasteiger partial charge in [0.25, 0.3) is 11.6 Å². The lowest BCUT2D eigenvalue weighted by atomic mass is 9.91. The van der Waals surface area contributed by atoms with Crippen LogP contribution in [-0.4, -0.2) is 28.5 Å². The lowest BCUT2D eigenvalue weighted by Crippen LogP contribution is -2.39. The van der Waals surface area contributed by atoms with Crippen LogP contribution in [0.3, 0.4) is 0 Å². The van der Waals surface area contributed by atoms with E-state index in [-0.39, 0.29) is 17.2 Å². The third-order valence-electron chi connectivity index (χ3n) is 5.68. The van der Waals surface area contributed by atoms with Crippen LogP contribution in [-0.2, 0) is 0 Å². The lowest BCUT2D eigenvalue weighted by molar-refractivity contribution is -0.384. The molecule has 1 saturated heterocycles. The summed E-state index contributed by atoms with van der Waals surface area (Å²) in [5, 5.41) is 21.5. The highest BCUT2D eigenvalue weighted by Crippen LogP contribution is 2.32. The maximum atomic E-state index is 13.6. The molecule has 2 aromatic carbocycles. The van der Waals surface area contributed by atoms with Gasteiger partial charge in [0.15, 0.2) is 0 Å². The van der Waals surface area contributed by atoms with Crippen LogP contribution in [0.4, 0.5) is 11.4 Å². The van der Waals surface area contributed by atoms with Crippen LogP contribution in [0.15, 0.2) is 48.7 Å². The van der Waals surface area contributed by atoms with Crippen LogP contribution in [0.2, 0.25) is 0 Å². The van der Waals surface area contributed by atoms with Crippen LogP contribution in [0, 0.1) is 33.3 Å². The second kappa shape index (κ2) is 7.64.